The van der Waals surface area contributed by atoms with Crippen molar-refractivity contribution in [3.05, 3.63) is 74.7 Å². The van der Waals surface area contributed by atoms with Gasteiger partial charge < -0.3 is 20.1 Å². The molecule has 1 aliphatic heterocycles. The minimum atomic E-state index is -0.760. The number of allylic oxidation sites excluding steroid dienone is 1. The first-order valence-electron chi connectivity index (χ1n) is 9.68. The average molecular weight is 471 g/mol. The zero-order chi connectivity index (χ0) is 23.7. The molecule has 2 N–H and O–H groups in total. The van der Waals surface area contributed by atoms with E-state index in [9.17, 15) is 14.9 Å². The predicted octanol–water partition coefficient (Wildman–Crippen LogP) is 3.78. The number of nitrogens with zero attached hydrogens (tertiary/aromatic N) is 4. The Morgan fingerprint density at radius 3 is 2.70 bits per heavy atom. The Bertz CT molecular complexity index is 1290. The molecular formula is C21H19ClN6O5. The maximum atomic E-state index is 13.5. The largest absolute Gasteiger partial charge is 0.495 e. The number of amides is 1. The van der Waals surface area contributed by atoms with Crippen molar-refractivity contribution >= 4 is 34.8 Å². The fourth-order valence-corrected chi connectivity index (χ4v) is 3.88. The Hall–Kier alpha value is -4.12. The lowest BCUT2D eigenvalue weighted by molar-refractivity contribution is -0.384. The first-order chi connectivity index (χ1) is 15.8. The summed E-state index contributed by atoms with van der Waals surface area (Å²) in [5.41, 5.74) is 1.55. The second-order valence-electron chi connectivity index (χ2n) is 7.09. The summed E-state index contributed by atoms with van der Waals surface area (Å²) in [5, 5.41) is 21.8. The number of aromatic nitrogens is 3. The number of nitro groups is 1. The molecule has 0 bridgehead atoms. The molecule has 0 saturated carbocycles. The molecule has 0 spiro atoms. The van der Waals surface area contributed by atoms with E-state index in [1.807, 2.05) is 0 Å². The number of methoxy groups -OCH3 is 2. The molecule has 11 nitrogen and oxygen atoms in total. The number of nitrogens with one attached hydrogen (secondary N) is 2. The maximum Gasteiger partial charge on any atom is 0.269 e. The van der Waals surface area contributed by atoms with Gasteiger partial charge in [0.25, 0.3) is 11.6 Å². The van der Waals surface area contributed by atoms with Gasteiger partial charge in [0.15, 0.2) is 0 Å². The van der Waals surface area contributed by atoms with Gasteiger partial charge in [0.2, 0.25) is 5.95 Å². The van der Waals surface area contributed by atoms with E-state index in [-0.39, 0.29) is 5.69 Å². The fraction of sp³-hybridized carbons (Fsp3) is 0.190. The Balaban J connectivity index is 1.79. The number of carbonyl (C=O) groups excluding carboxylic acids is 1. The number of hydrogen-bond acceptors (Lipinski definition) is 8. The van der Waals surface area contributed by atoms with E-state index in [1.165, 1.54) is 43.4 Å². The first kappa shape index (κ1) is 22.1. The summed E-state index contributed by atoms with van der Waals surface area (Å²) in [7, 11) is 2.91. The van der Waals surface area contributed by atoms with Crippen LogP contribution in [0.3, 0.4) is 0 Å². The molecule has 0 unspecified atom stereocenters. The van der Waals surface area contributed by atoms with Crippen LogP contribution in [0.1, 0.15) is 18.5 Å². The van der Waals surface area contributed by atoms with Crippen LogP contribution < -0.4 is 20.1 Å². The summed E-state index contributed by atoms with van der Waals surface area (Å²) < 4.78 is 12.1. The molecule has 1 amide bonds. The Morgan fingerprint density at radius 1 is 1.24 bits per heavy atom. The molecule has 4 rings (SSSR count). The molecule has 1 atom stereocenters. The van der Waals surface area contributed by atoms with Gasteiger partial charge in [0, 0.05) is 30.0 Å². The van der Waals surface area contributed by atoms with Gasteiger partial charge in [0.05, 0.1) is 35.4 Å². The van der Waals surface area contributed by atoms with Crippen molar-refractivity contribution < 1.29 is 19.2 Å². The summed E-state index contributed by atoms with van der Waals surface area (Å²) in [5.74, 6) is 0.630. The number of rotatable bonds is 6. The number of ether oxygens (including phenoxy) is 2. The van der Waals surface area contributed by atoms with Crippen LogP contribution in [-0.2, 0) is 4.79 Å². The van der Waals surface area contributed by atoms with Crippen LogP contribution in [0.2, 0.25) is 5.02 Å². The summed E-state index contributed by atoms with van der Waals surface area (Å²) in [6.45, 7) is 1.72. The lowest BCUT2D eigenvalue weighted by Gasteiger charge is -2.28. The third-order valence-corrected chi connectivity index (χ3v) is 5.45. The van der Waals surface area contributed by atoms with E-state index < -0.39 is 16.9 Å². The fourth-order valence-electron chi connectivity index (χ4n) is 3.65. The van der Waals surface area contributed by atoms with Crippen LogP contribution >= 0.6 is 11.6 Å². The molecule has 1 aromatic heterocycles. The number of anilines is 2. The highest BCUT2D eigenvalue weighted by Gasteiger charge is 2.34. The molecule has 0 aliphatic carbocycles. The molecule has 3 aromatic rings. The standard InChI is InChI=1S/C21H19ClN6O5/c1-11-18(20(29)26-15-9-16(32-2)14(22)8-17(15)33-3)19(27-21(25-11)23-10-24-27)12-5-4-6-13(7-12)28(30)31/h4-10,19H,1-3H3,(H,26,29)(H,23,24,25)/t19-/m1/s1. The van der Waals surface area contributed by atoms with Gasteiger partial charge >= 0.3 is 0 Å². The van der Waals surface area contributed by atoms with Crippen LogP contribution in [0.5, 0.6) is 11.5 Å². The molecule has 0 fully saturated rings. The van der Waals surface area contributed by atoms with E-state index in [1.54, 1.807) is 25.1 Å². The number of non-ortho nitro benzene ring substituents is 1. The molecular weight excluding hydrogens is 452 g/mol. The molecule has 33 heavy (non-hydrogen) atoms. The number of halogens is 1. The lowest BCUT2D eigenvalue weighted by Crippen LogP contribution is -2.31. The van der Waals surface area contributed by atoms with E-state index >= 15 is 0 Å². The molecule has 0 radical (unpaired) electrons. The number of carbonyl (C=O) groups is 1. The Morgan fingerprint density at radius 2 is 2.00 bits per heavy atom. The summed E-state index contributed by atoms with van der Waals surface area (Å²) in [6, 6.07) is 8.37. The van der Waals surface area contributed by atoms with Crippen molar-refractivity contribution in [1.29, 1.82) is 0 Å². The average Bonchev–Trinajstić information content (AvgIpc) is 3.26. The monoisotopic (exact) mass is 470 g/mol. The third-order valence-electron chi connectivity index (χ3n) is 5.16. The van der Waals surface area contributed by atoms with Crippen molar-refractivity contribution in [2.75, 3.05) is 24.9 Å². The van der Waals surface area contributed by atoms with E-state index in [2.05, 4.69) is 20.7 Å². The topological polar surface area (TPSA) is 133 Å². The van der Waals surface area contributed by atoms with Gasteiger partial charge in [-0.1, -0.05) is 23.7 Å². The quantitative estimate of drug-likeness (QED) is 0.410. The Kier molecular flexibility index (Phi) is 5.88. The lowest BCUT2D eigenvalue weighted by atomic mass is 9.94. The van der Waals surface area contributed by atoms with Gasteiger partial charge in [-0.25, -0.2) is 4.68 Å². The van der Waals surface area contributed by atoms with Gasteiger partial charge in [-0.15, -0.1) is 0 Å². The predicted molar refractivity (Wildman–Crippen MR) is 121 cm³/mol. The molecule has 0 saturated heterocycles. The zero-order valence-corrected chi connectivity index (χ0v) is 18.6. The van der Waals surface area contributed by atoms with Crippen LogP contribution in [0, 0.1) is 10.1 Å². The van der Waals surface area contributed by atoms with Gasteiger partial charge in [-0.05, 0) is 12.5 Å². The first-order valence-corrected chi connectivity index (χ1v) is 10.1. The smallest absolute Gasteiger partial charge is 0.269 e. The summed E-state index contributed by atoms with van der Waals surface area (Å²) in [6.07, 6.45) is 1.34. The van der Waals surface area contributed by atoms with Crippen molar-refractivity contribution in [1.82, 2.24) is 14.8 Å². The van der Waals surface area contributed by atoms with E-state index in [0.717, 1.165) is 0 Å². The number of nitro benzene ring substituents is 1. The van der Waals surface area contributed by atoms with Crippen LogP contribution in [0.25, 0.3) is 0 Å². The maximum absolute atomic E-state index is 13.5. The molecule has 1 aliphatic rings. The van der Waals surface area contributed by atoms with E-state index in [4.69, 9.17) is 21.1 Å². The molecule has 2 heterocycles. The number of benzene rings is 2. The van der Waals surface area contributed by atoms with E-state index in [0.29, 0.717) is 45.0 Å². The summed E-state index contributed by atoms with van der Waals surface area (Å²) in [4.78, 5) is 28.5. The molecule has 2 aromatic carbocycles. The second-order valence-corrected chi connectivity index (χ2v) is 7.49. The third kappa shape index (κ3) is 4.05. The minimum Gasteiger partial charge on any atom is -0.495 e. The molecule has 12 heteroatoms. The summed E-state index contributed by atoms with van der Waals surface area (Å²) >= 11 is 6.17. The van der Waals surface area contributed by atoms with Gasteiger partial charge in [-0.2, -0.15) is 10.1 Å². The second kappa shape index (κ2) is 8.79. The highest BCUT2D eigenvalue weighted by molar-refractivity contribution is 6.32. The van der Waals surface area contributed by atoms with Crippen LogP contribution in [0.4, 0.5) is 17.3 Å². The van der Waals surface area contributed by atoms with Crippen LogP contribution in [-0.4, -0.2) is 39.8 Å². The van der Waals surface area contributed by atoms with Crippen molar-refractivity contribution in [2.45, 2.75) is 13.0 Å². The molecule has 170 valence electrons. The highest BCUT2D eigenvalue weighted by Crippen LogP contribution is 2.39. The zero-order valence-electron chi connectivity index (χ0n) is 17.8. The highest BCUT2D eigenvalue weighted by atomic mass is 35.5. The van der Waals surface area contributed by atoms with Gasteiger partial charge in [-0.3, -0.25) is 14.9 Å². The minimum absolute atomic E-state index is 0.103. The van der Waals surface area contributed by atoms with Crippen molar-refractivity contribution in [3.63, 3.8) is 0 Å². The van der Waals surface area contributed by atoms with Crippen molar-refractivity contribution in [2.24, 2.45) is 0 Å². The Labute approximate surface area is 193 Å². The normalized spacial score (nSPS) is 14.8. The SMILES string of the molecule is COc1cc(NC(=O)C2=C(C)Nc3ncnn3[C@@H]2c2cccc([N+](=O)[O-])c2)c(OC)cc1Cl. The number of hydrogen-bond donors (Lipinski definition) is 2. The van der Waals surface area contributed by atoms with Crippen molar-refractivity contribution in [3.8, 4) is 11.5 Å². The number of fused-ring (bicyclic) bond motifs is 1. The van der Waals surface area contributed by atoms with Crippen LogP contribution in [0.15, 0.2) is 54.0 Å². The van der Waals surface area contributed by atoms with Gasteiger partial charge in [0.1, 0.15) is 23.9 Å².